The summed E-state index contributed by atoms with van der Waals surface area (Å²) in [6.45, 7) is 0.502. The Morgan fingerprint density at radius 1 is 1.03 bits per heavy atom. The number of rotatable bonds is 6. The molecule has 0 atom stereocenters. The molecule has 1 aliphatic carbocycles. The molecule has 0 spiro atoms. The van der Waals surface area contributed by atoms with Crippen LogP contribution < -0.4 is 0 Å². The highest BCUT2D eigenvalue weighted by Crippen LogP contribution is 2.24. The largest absolute Gasteiger partial charge is 0.334 e. The van der Waals surface area contributed by atoms with Gasteiger partial charge in [-0.2, -0.15) is 4.80 Å². The van der Waals surface area contributed by atoms with E-state index in [1.165, 1.54) is 23.4 Å². The van der Waals surface area contributed by atoms with Gasteiger partial charge in [-0.1, -0.05) is 61.7 Å². The molecule has 0 aliphatic heterocycles. The Kier molecular flexibility index (Phi) is 5.93. The summed E-state index contributed by atoms with van der Waals surface area (Å²) in [6, 6.07) is 16.1. The molecule has 29 heavy (non-hydrogen) atoms. The third-order valence-corrected chi connectivity index (χ3v) is 5.36. The molecule has 2 aromatic carbocycles. The molecule has 0 N–H and O–H groups in total. The van der Waals surface area contributed by atoms with Gasteiger partial charge in [0.05, 0.1) is 0 Å². The van der Waals surface area contributed by atoms with Crippen LogP contribution >= 0.6 is 0 Å². The van der Waals surface area contributed by atoms with Gasteiger partial charge in [-0.3, -0.25) is 4.79 Å². The van der Waals surface area contributed by atoms with Crippen molar-refractivity contribution in [3.8, 4) is 11.4 Å². The Labute approximate surface area is 169 Å². The number of carbonyl (C=O) groups is 1. The second-order valence-corrected chi connectivity index (χ2v) is 7.45. The summed E-state index contributed by atoms with van der Waals surface area (Å²) in [5.74, 6) is 0.184. The number of benzene rings is 2. The Bertz CT molecular complexity index is 935. The van der Waals surface area contributed by atoms with Crippen molar-refractivity contribution in [2.45, 2.75) is 51.2 Å². The highest BCUT2D eigenvalue weighted by Gasteiger charge is 2.26. The van der Waals surface area contributed by atoms with Gasteiger partial charge < -0.3 is 4.90 Å². The van der Waals surface area contributed by atoms with Crippen LogP contribution in [0.3, 0.4) is 0 Å². The molecule has 0 unspecified atom stereocenters. The maximum atomic E-state index is 13.3. The van der Waals surface area contributed by atoms with Gasteiger partial charge in [-0.05, 0) is 35.8 Å². The second kappa shape index (κ2) is 8.94. The van der Waals surface area contributed by atoms with Gasteiger partial charge in [0, 0.05) is 18.2 Å². The van der Waals surface area contributed by atoms with E-state index >= 15 is 0 Å². The molecule has 1 amide bonds. The summed E-state index contributed by atoms with van der Waals surface area (Å²) in [5, 5.41) is 12.5. The van der Waals surface area contributed by atoms with E-state index in [1.54, 1.807) is 12.1 Å². The fourth-order valence-corrected chi connectivity index (χ4v) is 3.82. The molecule has 1 aliphatic rings. The van der Waals surface area contributed by atoms with Crippen LogP contribution in [0.15, 0.2) is 54.6 Å². The van der Waals surface area contributed by atoms with Crippen molar-refractivity contribution < 1.29 is 9.18 Å². The smallest absolute Gasteiger partial charge is 0.246 e. The lowest BCUT2D eigenvalue weighted by Gasteiger charge is -2.34. The fraction of sp³-hybridized carbons (Fsp3) is 0.364. The van der Waals surface area contributed by atoms with Gasteiger partial charge in [0.1, 0.15) is 12.4 Å². The van der Waals surface area contributed by atoms with Gasteiger partial charge in [-0.15, -0.1) is 10.2 Å². The number of hydrogen-bond acceptors (Lipinski definition) is 4. The average molecular weight is 393 g/mol. The van der Waals surface area contributed by atoms with Gasteiger partial charge in [0.25, 0.3) is 0 Å². The summed E-state index contributed by atoms with van der Waals surface area (Å²) < 4.78 is 13.3. The number of nitrogens with zero attached hydrogens (tertiary/aromatic N) is 5. The molecule has 1 aromatic heterocycles. The number of aromatic nitrogens is 4. The number of halogens is 1. The zero-order valence-electron chi connectivity index (χ0n) is 16.2. The zero-order valence-corrected chi connectivity index (χ0v) is 16.2. The number of hydrogen-bond donors (Lipinski definition) is 0. The molecular formula is C22H24FN5O. The SMILES string of the molecule is O=C(Cn1nnc(-c2ccccc2)n1)N(Cc1ccc(F)cc1)C1CCCCC1. The van der Waals surface area contributed by atoms with Crippen LogP contribution in [0, 0.1) is 5.82 Å². The first-order chi connectivity index (χ1) is 14.2. The third-order valence-electron chi connectivity index (χ3n) is 5.36. The fourth-order valence-electron chi connectivity index (χ4n) is 3.82. The molecule has 1 saturated carbocycles. The molecule has 3 aromatic rings. The second-order valence-electron chi connectivity index (χ2n) is 7.45. The minimum atomic E-state index is -0.274. The van der Waals surface area contributed by atoms with Crippen molar-refractivity contribution in [2.24, 2.45) is 0 Å². The zero-order chi connectivity index (χ0) is 20.1. The normalized spacial score (nSPS) is 14.7. The van der Waals surface area contributed by atoms with Crippen LogP contribution in [-0.2, 0) is 17.9 Å². The Hall–Kier alpha value is -3.09. The first-order valence-corrected chi connectivity index (χ1v) is 10.1. The Morgan fingerprint density at radius 2 is 1.76 bits per heavy atom. The maximum Gasteiger partial charge on any atom is 0.246 e. The highest BCUT2D eigenvalue weighted by molar-refractivity contribution is 5.76. The summed E-state index contributed by atoms with van der Waals surface area (Å²) in [5.41, 5.74) is 1.78. The Balaban J connectivity index is 1.50. The summed E-state index contributed by atoms with van der Waals surface area (Å²) in [6.07, 6.45) is 5.44. The van der Waals surface area contributed by atoms with Crippen molar-refractivity contribution in [3.05, 3.63) is 66.0 Å². The van der Waals surface area contributed by atoms with E-state index in [-0.39, 0.29) is 24.3 Å². The predicted octanol–water partition coefficient (Wildman–Crippen LogP) is 3.84. The molecule has 4 rings (SSSR count). The molecular weight excluding hydrogens is 369 g/mol. The van der Waals surface area contributed by atoms with Crippen LogP contribution in [0.25, 0.3) is 11.4 Å². The average Bonchev–Trinajstić information content (AvgIpc) is 3.23. The van der Waals surface area contributed by atoms with E-state index in [4.69, 9.17) is 0 Å². The van der Waals surface area contributed by atoms with E-state index in [1.807, 2.05) is 35.2 Å². The summed E-state index contributed by atoms with van der Waals surface area (Å²) >= 11 is 0. The van der Waals surface area contributed by atoms with E-state index < -0.39 is 0 Å². The molecule has 150 valence electrons. The summed E-state index contributed by atoms with van der Waals surface area (Å²) in [4.78, 5) is 16.4. The minimum Gasteiger partial charge on any atom is -0.334 e. The monoisotopic (exact) mass is 393 g/mol. The lowest BCUT2D eigenvalue weighted by Crippen LogP contribution is -2.42. The summed E-state index contributed by atoms with van der Waals surface area (Å²) in [7, 11) is 0. The predicted molar refractivity (Wildman–Crippen MR) is 107 cm³/mol. The highest BCUT2D eigenvalue weighted by atomic mass is 19.1. The van der Waals surface area contributed by atoms with Crippen LogP contribution in [-0.4, -0.2) is 37.1 Å². The van der Waals surface area contributed by atoms with Crippen molar-refractivity contribution in [1.82, 2.24) is 25.1 Å². The van der Waals surface area contributed by atoms with Gasteiger partial charge in [0.15, 0.2) is 0 Å². The van der Waals surface area contributed by atoms with Crippen molar-refractivity contribution in [2.75, 3.05) is 0 Å². The molecule has 0 saturated heterocycles. The number of carbonyl (C=O) groups excluding carboxylic acids is 1. The molecule has 1 fully saturated rings. The van der Waals surface area contributed by atoms with E-state index in [9.17, 15) is 9.18 Å². The van der Waals surface area contributed by atoms with Crippen molar-refractivity contribution in [3.63, 3.8) is 0 Å². The topological polar surface area (TPSA) is 63.9 Å². The van der Waals surface area contributed by atoms with E-state index in [0.717, 1.165) is 36.8 Å². The Morgan fingerprint density at radius 3 is 2.48 bits per heavy atom. The first-order valence-electron chi connectivity index (χ1n) is 10.1. The van der Waals surface area contributed by atoms with Gasteiger partial charge in [-0.25, -0.2) is 4.39 Å². The third kappa shape index (κ3) is 4.85. The van der Waals surface area contributed by atoms with Crippen molar-refractivity contribution >= 4 is 5.91 Å². The molecule has 0 bridgehead atoms. The van der Waals surface area contributed by atoms with E-state index in [2.05, 4.69) is 15.4 Å². The minimum absolute atomic E-state index is 0.0392. The lowest BCUT2D eigenvalue weighted by atomic mass is 9.93. The van der Waals surface area contributed by atoms with Crippen LogP contribution in [0.4, 0.5) is 4.39 Å². The quantitative estimate of drug-likeness (QED) is 0.638. The van der Waals surface area contributed by atoms with Gasteiger partial charge in [0.2, 0.25) is 11.7 Å². The first kappa shape index (κ1) is 19.2. The van der Waals surface area contributed by atoms with Crippen LogP contribution in [0.2, 0.25) is 0 Å². The molecule has 7 heteroatoms. The molecule has 0 radical (unpaired) electrons. The number of amides is 1. The van der Waals surface area contributed by atoms with E-state index in [0.29, 0.717) is 12.4 Å². The van der Waals surface area contributed by atoms with Crippen molar-refractivity contribution in [1.29, 1.82) is 0 Å². The standard InChI is InChI=1S/C22H24FN5O/c23-19-13-11-17(12-14-19)15-27(20-9-5-2-6-10-20)21(29)16-28-25-22(24-26-28)18-7-3-1-4-8-18/h1,3-4,7-8,11-14,20H,2,5-6,9-10,15-16H2. The van der Waals surface area contributed by atoms with Crippen LogP contribution in [0.5, 0.6) is 0 Å². The molecule has 6 nitrogen and oxygen atoms in total. The lowest BCUT2D eigenvalue weighted by molar-refractivity contribution is -0.136. The van der Waals surface area contributed by atoms with Gasteiger partial charge >= 0.3 is 0 Å². The maximum absolute atomic E-state index is 13.3. The van der Waals surface area contributed by atoms with Crippen LogP contribution in [0.1, 0.15) is 37.7 Å². The number of tetrazole rings is 1. The molecule has 1 heterocycles.